The van der Waals surface area contributed by atoms with E-state index in [2.05, 4.69) is 15.2 Å². The average Bonchev–Trinajstić information content (AvgIpc) is 2.74. The molecule has 0 saturated heterocycles. The summed E-state index contributed by atoms with van der Waals surface area (Å²) in [5, 5.41) is 8.03. The van der Waals surface area contributed by atoms with Gasteiger partial charge < -0.3 is 4.74 Å². The number of benzene rings is 2. The number of hydrogen-bond donors (Lipinski definition) is 1. The maximum absolute atomic E-state index is 12.6. The predicted octanol–water partition coefficient (Wildman–Crippen LogP) is 3.83. The number of fused-ring (bicyclic) bond motifs is 1. The van der Waals surface area contributed by atoms with Gasteiger partial charge in [0.2, 0.25) is 0 Å². The van der Waals surface area contributed by atoms with E-state index in [-0.39, 0.29) is 12.2 Å². The van der Waals surface area contributed by atoms with Gasteiger partial charge in [-0.05, 0) is 24.1 Å². The van der Waals surface area contributed by atoms with Gasteiger partial charge in [0.25, 0.3) is 5.56 Å². The highest BCUT2D eigenvalue weighted by molar-refractivity contribution is 6.02. The van der Waals surface area contributed by atoms with Gasteiger partial charge in [0.05, 0.1) is 17.6 Å². The Morgan fingerprint density at radius 1 is 1.04 bits per heavy atom. The van der Waals surface area contributed by atoms with E-state index in [1.54, 1.807) is 19.2 Å². The molecule has 0 aliphatic rings. The largest absolute Gasteiger partial charge is 0.462 e. The van der Waals surface area contributed by atoms with E-state index >= 15 is 0 Å². The number of esters is 1. The Hall–Kier alpha value is -3.80. The number of pyridine rings is 1. The van der Waals surface area contributed by atoms with Gasteiger partial charge in [-0.3, -0.25) is 9.78 Å². The fraction of sp³-hybridized carbons (Fsp3) is 0.0909. The first-order chi connectivity index (χ1) is 13.7. The van der Waals surface area contributed by atoms with E-state index < -0.39 is 5.97 Å². The van der Waals surface area contributed by atoms with Gasteiger partial charge in [0.1, 0.15) is 5.69 Å². The molecule has 2 aromatic carbocycles. The van der Waals surface area contributed by atoms with Crippen LogP contribution in [0.2, 0.25) is 0 Å². The summed E-state index contributed by atoms with van der Waals surface area (Å²) in [4.78, 5) is 28.8. The van der Waals surface area contributed by atoms with E-state index in [1.165, 1.54) is 6.20 Å². The van der Waals surface area contributed by atoms with Gasteiger partial charge in [0.15, 0.2) is 0 Å². The second kappa shape index (κ2) is 7.44. The van der Waals surface area contributed by atoms with Crippen molar-refractivity contribution in [3.63, 3.8) is 0 Å². The van der Waals surface area contributed by atoms with Gasteiger partial charge in [0, 0.05) is 23.3 Å². The van der Waals surface area contributed by atoms with E-state index in [4.69, 9.17) is 4.74 Å². The number of H-pyrrole nitrogens is 1. The van der Waals surface area contributed by atoms with Crippen molar-refractivity contribution in [2.24, 2.45) is 0 Å². The Balaban J connectivity index is 1.93. The fourth-order valence-electron chi connectivity index (χ4n) is 3.19. The third-order valence-electron chi connectivity index (χ3n) is 4.42. The smallest absolute Gasteiger partial charge is 0.339 e. The molecule has 0 amide bonds. The Morgan fingerprint density at radius 2 is 1.86 bits per heavy atom. The average molecular weight is 371 g/mol. The second-order valence-electron chi connectivity index (χ2n) is 6.18. The fourth-order valence-corrected chi connectivity index (χ4v) is 3.19. The van der Waals surface area contributed by atoms with Crippen LogP contribution in [-0.2, 0) is 4.74 Å². The van der Waals surface area contributed by atoms with E-state index in [1.807, 2.05) is 48.5 Å². The number of aromatic amines is 1. The van der Waals surface area contributed by atoms with Crippen LogP contribution >= 0.6 is 0 Å². The highest BCUT2D eigenvalue weighted by Crippen LogP contribution is 2.31. The van der Waals surface area contributed by atoms with Gasteiger partial charge in [-0.25, -0.2) is 9.89 Å². The van der Waals surface area contributed by atoms with Crippen molar-refractivity contribution >= 4 is 16.7 Å². The van der Waals surface area contributed by atoms with Crippen LogP contribution in [0.3, 0.4) is 0 Å². The van der Waals surface area contributed by atoms with E-state index in [0.29, 0.717) is 27.6 Å². The maximum Gasteiger partial charge on any atom is 0.339 e. The minimum Gasteiger partial charge on any atom is -0.462 e. The van der Waals surface area contributed by atoms with Crippen LogP contribution < -0.4 is 5.56 Å². The minimum absolute atomic E-state index is 0.271. The summed E-state index contributed by atoms with van der Waals surface area (Å²) in [5.74, 6) is -0.449. The summed E-state index contributed by atoms with van der Waals surface area (Å²) in [6, 6.07) is 17.0. The third-order valence-corrected chi connectivity index (χ3v) is 4.42. The summed E-state index contributed by atoms with van der Waals surface area (Å²) in [6.45, 7) is 2.03. The topological polar surface area (TPSA) is 84.9 Å². The van der Waals surface area contributed by atoms with Crippen LogP contribution in [-0.4, -0.2) is 27.8 Å². The number of carbonyl (C=O) groups excluding carboxylic acids is 1. The number of aromatic nitrogens is 3. The van der Waals surface area contributed by atoms with Gasteiger partial charge >= 0.3 is 5.97 Å². The van der Waals surface area contributed by atoms with Crippen molar-refractivity contribution in [3.8, 4) is 22.4 Å². The summed E-state index contributed by atoms with van der Waals surface area (Å²) < 4.78 is 5.05. The van der Waals surface area contributed by atoms with Crippen molar-refractivity contribution in [1.29, 1.82) is 0 Å². The Bertz CT molecular complexity index is 1220. The lowest BCUT2D eigenvalue weighted by molar-refractivity contribution is 0.0526. The van der Waals surface area contributed by atoms with Crippen molar-refractivity contribution < 1.29 is 9.53 Å². The normalized spacial score (nSPS) is 10.8. The zero-order chi connectivity index (χ0) is 19.5. The van der Waals surface area contributed by atoms with Crippen molar-refractivity contribution in [2.75, 3.05) is 6.61 Å². The molecule has 1 N–H and O–H groups in total. The monoisotopic (exact) mass is 371 g/mol. The molecule has 0 aliphatic heterocycles. The van der Waals surface area contributed by atoms with Crippen molar-refractivity contribution in [2.45, 2.75) is 6.92 Å². The molecule has 0 unspecified atom stereocenters. The molecule has 0 saturated carbocycles. The number of nitrogens with zero attached hydrogens (tertiary/aromatic N) is 2. The SMILES string of the molecule is CCOC(=O)c1cncc(-c2n[nH]c(=O)c3c(-c4ccccc4)cccc23)c1. The number of nitrogens with one attached hydrogen (secondary N) is 1. The molecule has 0 fully saturated rings. The summed E-state index contributed by atoms with van der Waals surface area (Å²) in [7, 11) is 0. The molecular weight excluding hydrogens is 354 g/mol. The molecule has 138 valence electrons. The van der Waals surface area contributed by atoms with Crippen LogP contribution in [0.25, 0.3) is 33.2 Å². The maximum atomic E-state index is 12.6. The Kier molecular flexibility index (Phi) is 4.68. The summed E-state index contributed by atoms with van der Waals surface area (Å²) in [6.07, 6.45) is 3.06. The molecule has 2 heterocycles. The first-order valence-corrected chi connectivity index (χ1v) is 8.88. The summed E-state index contributed by atoms with van der Waals surface area (Å²) >= 11 is 0. The molecule has 6 heteroatoms. The molecule has 0 radical (unpaired) electrons. The molecule has 28 heavy (non-hydrogen) atoms. The zero-order valence-corrected chi connectivity index (χ0v) is 15.2. The highest BCUT2D eigenvalue weighted by atomic mass is 16.5. The Morgan fingerprint density at radius 3 is 2.64 bits per heavy atom. The molecule has 4 aromatic rings. The number of rotatable bonds is 4. The number of ether oxygens (including phenoxy) is 1. The molecule has 0 atom stereocenters. The quantitative estimate of drug-likeness (QED) is 0.551. The van der Waals surface area contributed by atoms with Crippen molar-refractivity contribution in [3.05, 3.63) is 82.9 Å². The lowest BCUT2D eigenvalue weighted by atomic mass is 9.97. The lowest BCUT2D eigenvalue weighted by Crippen LogP contribution is -2.11. The molecule has 0 bridgehead atoms. The van der Waals surface area contributed by atoms with Gasteiger partial charge in [-0.1, -0.05) is 48.5 Å². The lowest BCUT2D eigenvalue weighted by Gasteiger charge is -2.10. The van der Waals surface area contributed by atoms with Crippen LogP contribution in [0.5, 0.6) is 0 Å². The van der Waals surface area contributed by atoms with Gasteiger partial charge in [-0.15, -0.1) is 0 Å². The van der Waals surface area contributed by atoms with E-state index in [9.17, 15) is 9.59 Å². The van der Waals surface area contributed by atoms with Gasteiger partial charge in [-0.2, -0.15) is 5.10 Å². The van der Waals surface area contributed by atoms with Crippen molar-refractivity contribution in [1.82, 2.24) is 15.2 Å². The second-order valence-corrected chi connectivity index (χ2v) is 6.18. The van der Waals surface area contributed by atoms with E-state index in [0.717, 1.165) is 11.1 Å². The van der Waals surface area contributed by atoms with Crippen LogP contribution in [0.1, 0.15) is 17.3 Å². The summed E-state index contributed by atoms with van der Waals surface area (Å²) in [5.41, 5.74) is 2.99. The third kappa shape index (κ3) is 3.16. The molecule has 4 rings (SSSR count). The Labute approximate surface area is 160 Å². The molecule has 2 aromatic heterocycles. The molecule has 0 aliphatic carbocycles. The molecular formula is C22H17N3O3. The predicted molar refractivity (Wildman–Crippen MR) is 107 cm³/mol. The van der Waals surface area contributed by atoms with Crippen LogP contribution in [0, 0.1) is 0 Å². The van der Waals surface area contributed by atoms with Crippen LogP contribution in [0.15, 0.2) is 71.8 Å². The standard InChI is InChI=1S/C22H17N3O3/c1-2-28-22(27)16-11-15(12-23-13-16)20-18-10-6-9-17(14-7-4-3-5-8-14)19(18)21(26)25-24-20/h3-13H,2H2,1H3,(H,25,26). The molecule has 0 spiro atoms. The van der Waals surface area contributed by atoms with Crippen LogP contribution in [0.4, 0.5) is 0 Å². The number of carbonyl (C=O) groups is 1. The minimum atomic E-state index is -0.449. The zero-order valence-electron chi connectivity index (χ0n) is 15.2. The highest BCUT2D eigenvalue weighted by Gasteiger charge is 2.15. The first-order valence-electron chi connectivity index (χ1n) is 8.88. The molecule has 6 nitrogen and oxygen atoms in total. The first kappa shape index (κ1) is 17.6. The number of hydrogen-bond acceptors (Lipinski definition) is 5.